The number of rotatable bonds is 6. The Morgan fingerprint density at radius 2 is 1.89 bits per heavy atom. The second-order valence-electron chi connectivity index (χ2n) is 8.54. The van der Waals surface area contributed by atoms with Crippen molar-refractivity contribution in [3.05, 3.63) is 47.2 Å². The molecule has 2 aliphatic rings. The molecule has 1 aliphatic carbocycles. The molecule has 5 nitrogen and oxygen atoms in total. The minimum Gasteiger partial charge on any atom is -0.394 e. The second-order valence-corrected chi connectivity index (χ2v) is 8.54. The van der Waals surface area contributed by atoms with Crippen LogP contribution in [0.4, 0.5) is 11.8 Å². The molecule has 1 fully saturated rings. The highest BCUT2D eigenvalue weighted by Crippen LogP contribution is 2.51. The third-order valence-corrected chi connectivity index (χ3v) is 6.03. The van der Waals surface area contributed by atoms with Gasteiger partial charge in [0, 0.05) is 18.5 Å². The van der Waals surface area contributed by atoms with E-state index >= 15 is 0 Å². The van der Waals surface area contributed by atoms with Crippen molar-refractivity contribution in [2.75, 3.05) is 23.4 Å². The first-order valence-corrected chi connectivity index (χ1v) is 10.1. The first kappa shape index (κ1) is 18.2. The minimum atomic E-state index is -0.0454. The van der Waals surface area contributed by atoms with Crippen LogP contribution in [0.2, 0.25) is 0 Å². The quantitative estimate of drug-likeness (QED) is 0.807. The zero-order valence-electron chi connectivity index (χ0n) is 16.7. The van der Waals surface area contributed by atoms with Crippen molar-refractivity contribution in [1.82, 2.24) is 9.97 Å². The van der Waals surface area contributed by atoms with Gasteiger partial charge in [-0.05, 0) is 29.4 Å². The van der Waals surface area contributed by atoms with E-state index in [1.54, 1.807) is 0 Å². The Labute approximate surface area is 161 Å². The Hall–Kier alpha value is -2.14. The van der Waals surface area contributed by atoms with Gasteiger partial charge < -0.3 is 15.3 Å². The van der Waals surface area contributed by atoms with Crippen LogP contribution in [0.15, 0.2) is 30.3 Å². The summed E-state index contributed by atoms with van der Waals surface area (Å²) in [6, 6.07) is 11.3. The lowest BCUT2D eigenvalue weighted by Gasteiger charge is -2.31. The number of nitrogens with one attached hydrogen (secondary N) is 1. The molecule has 1 aromatic carbocycles. The number of fused-ring (bicyclic) bond motifs is 5. The monoisotopic (exact) mass is 366 g/mol. The molecule has 2 bridgehead atoms. The van der Waals surface area contributed by atoms with Gasteiger partial charge in [-0.25, -0.2) is 4.98 Å². The average Bonchev–Trinajstić information content (AvgIpc) is 3.25. The highest BCUT2D eigenvalue weighted by Gasteiger charge is 2.42. The summed E-state index contributed by atoms with van der Waals surface area (Å²) in [5.74, 6) is 2.85. The summed E-state index contributed by atoms with van der Waals surface area (Å²) in [5.41, 5.74) is 4.00. The Kier molecular flexibility index (Phi) is 4.81. The van der Waals surface area contributed by atoms with E-state index in [4.69, 9.17) is 9.97 Å². The zero-order chi connectivity index (χ0) is 19.1. The largest absolute Gasteiger partial charge is 0.394 e. The summed E-state index contributed by atoms with van der Waals surface area (Å²) in [4.78, 5) is 12.0. The van der Waals surface area contributed by atoms with Gasteiger partial charge in [0.1, 0.15) is 5.82 Å². The molecule has 0 amide bonds. The van der Waals surface area contributed by atoms with E-state index in [0.717, 1.165) is 18.1 Å². The fourth-order valence-corrected chi connectivity index (χ4v) is 4.34. The molecule has 5 heteroatoms. The van der Waals surface area contributed by atoms with E-state index in [0.29, 0.717) is 29.7 Å². The molecule has 1 aromatic heterocycles. The molecule has 1 saturated heterocycles. The maximum atomic E-state index is 9.68. The molecule has 0 spiro atoms. The van der Waals surface area contributed by atoms with Crippen LogP contribution >= 0.6 is 0 Å². The van der Waals surface area contributed by atoms with E-state index in [1.807, 2.05) is 0 Å². The van der Waals surface area contributed by atoms with Gasteiger partial charge in [-0.15, -0.1) is 0 Å². The fourth-order valence-electron chi connectivity index (χ4n) is 4.34. The molecule has 0 radical (unpaired) electrons. The SMILES string of the molecule is CC(C)c1cc(N2C[C@H]3C[C@H]2c2ccccc23)nc(N[C@@H](CO)C(C)C)n1. The van der Waals surface area contributed by atoms with Crippen LogP contribution < -0.4 is 10.2 Å². The molecule has 2 heterocycles. The summed E-state index contributed by atoms with van der Waals surface area (Å²) in [5, 5.41) is 13.0. The molecular weight excluding hydrogens is 336 g/mol. The number of hydrogen-bond acceptors (Lipinski definition) is 5. The zero-order valence-corrected chi connectivity index (χ0v) is 16.7. The maximum Gasteiger partial charge on any atom is 0.225 e. The number of benzene rings is 1. The van der Waals surface area contributed by atoms with Crippen LogP contribution in [0.3, 0.4) is 0 Å². The molecule has 3 atom stereocenters. The molecule has 144 valence electrons. The van der Waals surface area contributed by atoms with Gasteiger partial charge in [-0.3, -0.25) is 0 Å². The molecule has 4 rings (SSSR count). The smallest absolute Gasteiger partial charge is 0.225 e. The summed E-state index contributed by atoms with van der Waals surface area (Å²) in [6.07, 6.45) is 1.17. The first-order valence-electron chi connectivity index (χ1n) is 10.1. The Morgan fingerprint density at radius 3 is 2.56 bits per heavy atom. The van der Waals surface area contributed by atoms with Gasteiger partial charge in [0.2, 0.25) is 5.95 Å². The number of anilines is 2. The van der Waals surface area contributed by atoms with Gasteiger partial charge in [0.25, 0.3) is 0 Å². The van der Waals surface area contributed by atoms with Crippen LogP contribution in [-0.2, 0) is 0 Å². The lowest BCUT2D eigenvalue weighted by Crippen LogP contribution is -2.32. The number of hydrogen-bond donors (Lipinski definition) is 2. The van der Waals surface area contributed by atoms with E-state index in [-0.39, 0.29) is 12.6 Å². The highest BCUT2D eigenvalue weighted by atomic mass is 16.3. The predicted octanol–water partition coefficient (Wildman–Crippen LogP) is 4.08. The van der Waals surface area contributed by atoms with E-state index in [9.17, 15) is 5.11 Å². The third kappa shape index (κ3) is 3.29. The topological polar surface area (TPSA) is 61.3 Å². The fraction of sp³-hybridized carbons (Fsp3) is 0.545. The standard InChI is InChI=1S/C22H30N4O/c1-13(2)18-10-21(25-22(23-18)24-19(12-27)14(3)4)26-11-15-9-20(26)17-8-6-5-7-16(15)17/h5-8,10,13-15,19-20,27H,9,11-12H2,1-4H3,(H,23,24,25)/t15-,19+,20+/m1/s1. The van der Waals surface area contributed by atoms with Gasteiger partial charge in [-0.2, -0.15) is 4.98 Å². The van der Waals surface area contributed by atoms with Crippen molar-refractivity contribution in [2.24, 2.45) is 5.92 Å². The molecule has 0 saturated carbocycles. The summed E-state index contributed by atoms with van der Waals surface area (Å²) >= 11 is 0. The molecular formula is C22H30N4O. The van der Waals surface area contributed by atoms with Crippen molar-refractivity contribution in [2.45, 2.75) is 58.0 Å². The van der Waals surface area contributed by atoms with Gasteiger partial charge in [0.05, 0.1) is 24.4 Å². The van der Waals surface area contributed by atoms with Crippen LogP contribution in [0, 0.1) is 5.92 Å². The minimum absolute atomic E-state index is 0.0454. The van der Waals surface area contributed by atoms with Crippen LogP contribution in [-0.4, -0.2) is 34.3 Å². The van der Waals surface area contributed by atoms with Gasteiger partial charge in [-0.1, -0.05) is 52.0 Å². The highest BCUT2D eigenvalue weighted by molar-refractivity contribution is 5.55. The third-order valence-electron chi connectivity index (χ3n) is 6.03. The second kappa shape index (κ2) is 7.12. The predicted molar refractivity (Wildman–Crippen MR) is 109 cm³/mol. The molecule has 1 aliphatic heterocycles. The average molecular weight is 367 g/mol. The number of aliphatic hydroxyl groups is 1. The van der Waals surface area contributed by atoms with Crippen molar-refractivity contribution in [3.8, 4) is 0 Å². The first-order chi connectivity index (χ1) is 13.0. The molecule has 2 N–H and O–H groups in total. The number of aliphatic hydroxyl groups excluding tert-OH is 1. The Morgan fingerprint density at radius 1 is 1.15 bits per heavy atom. The summed E-state index contributed by atoms with van der Waals surface area (Å²) in [7, 11) is 0. The number of nitrogens with zero attached hydrogens (tertiary/aromatic N) is 3. The van der Waals surface area contributed by atoms with Crippen LogP contribution in [0.25, 0.3) is 0 Å². The Bertz CT molecular complexity index is 820. The molecule has 0 unspecified atom stereocenters. The molecule has 27 heavy (non-hydrogen) atoms. The van der Waals surface area contributed by atoms with E-state index in [2.05, 4.69) is 68.2 Å². The van der Waals surface area contributed by atoms with Crippen molar-refractivity contribution < 1.29 is 5.11 Å². The normalized spacial score (nSPS) is 21.8. The lowest BCUT2D eigenvalue weighted by molar-refractivity contribution is 0.248. The van der Waals surface area contributed by atoms with Crippen LogP contribution in [0.5, 0.6) is 0 Å². The molecule has 2 aromatic rings. The summed E-state index contributed by atoms with van der Waals surface area (Å²) in [6.45, 7) is 9.60. The van der Waals surface area contributed by atoms with Gasteiger partial charge in [0.15, 0.2) is 0 Å². The van der Waals surface area contributed by atoms with Crippen molar-refractivity contribution in [1.29, 1.82) is 0 Å². The maximum absolute atomic E-state index is 9.68. The van der Waals surface area contributed by atoms with Crippen molar-refractivity contribution in [3.63, 3.8) is 0 Å². The van der Waals surface area contributed by atoms with Crippen molar-refractivity contribution >= 4 is 11.8 Å². The van der Waals surface area contributed by atoms with Gasteiger partial charge >= 0.3 is 0 Å². The van der Waals surface area contributed by atoms with Crippen LogP contribution in [0.1, 0.15) is 68.8 Å². The summed E-state index contributed by atoms with van der Waals surface area (Å²) < 4.78 is 0. The number of aromatic nitrogens is 2. The lowest BCUT2D eigenvalue weighted by atomic mass is 9.99. The van der Waals surface area contributed by atoms with E-state index < -0.39 is 0 Å². The van der Waals surface area contributed by atoms with E-state index in [1.165, 1.54) is 17.5 Å². The Balaban J connectivity index is 1.67.